The van der Waals surface area contributed by atoms with Gasteiger partial charge in [-0.05, 0) is 60.7 Å². The Morgan fingerprint density at radius 1 is 0.978 bits per heavy atom. The van der Waals surface area contributed by atoms with Gasteiger partial charge in [0.1, 0.15) is 11.4 Å². The Bertz CT molecular complexity index is 1680. The Morgan fingerprint density at radius 2 is 1.73 bits per heavy atom. The standard InChI is InChI=1S/C35H38ClN5O4/c1-22-28(4-3-5-30(22)39-35(44)31-9-6-23(17-38-31)18-40-14-11-26(42)20-40)29-10-13-37-34(33(29)36)24-7-8-25(32(16-24)45-2)19-41-15-12-27(43)21-41/h3-10,13,16-17,26-27,42-43H,11-12,14-15,18-21H2,1-2H3,(H,39,44)/t26-,27+/m1/s1. The van der Waals surface area contributed by atoms with Crippen molar-refractivity contribution in [2.24, 2.45) is 0 Å². The molecule has 4 aromatic rings. The smallest absolute Gasteiger partial charge is 0.274 e. The van der Waals surface area contributed by atoms with Gasteiger partial charge in [0, 0.05) is 74.0 Å². The van der Waals surface area contributed by atoms with E-state index in [1.807, 2.05) is 55.5 Å². The third-order valence-electron chi connectivity index (χ3n) is 8.67. The SMILES string of the molecule is COc1cc(-c2nccc(-c3cccc(NC(=O)c4ccc(CN5CC[C@@H](O)C5)cn4)c3C)c2Cl)ccc1CN1CC[C@H](O)C1. The fourth-order valence-electron chi connectivity index (χ4n) is 6.19. The summed E-state index contributed by atoms with van der Waals surface area (Å²) < 4.78 is 5.73. The van der Waals surface area contributed by atoms with E-state index in [1.165, 1.54) is 0 Å². The lowest BCUT2D eigenvalue weighted by Crippen LogP contribution is -2.21. The molecule has 2 atom stereocenters. The monoisotopic (exact) mass is 627 g/mol. The van der Waals surface area contributed by atoms with E-state index in [4.69, 9.17) is 16.3 Å². The molecule has 0 aliphatic carbocycles. The number of methoxy groups -OCH3 is 1. The van der Waals surface area contributed by atoms with Crippen molar-refractivity contribution in [2.45, 2.75) is 45.1 Å². The molecule has 9 nitrogen and oxygen atoms in total. The molecule has 0 spiro atoms. The maximum atomic E-state index is 13.2. The number of halogens is 1. The largest absolute Gasteiger partial charge is 0.496 e. The second-order valence-electron chi connectivity index (χ2n) is 11.9. The highest BCUT2D eigenvalue weighted by atomic mass is 35.5. The van der Waals surface area contributed by atoms with Crippen molar-refractivity contribution in [2.75, 3.05) is 38.6 Å². The first-order valence-electron chi connectivity index (χ1n) is 15.3. The van der Waals surface area contributed by atoms with Crippen molar-refractivity contribution in [1.29, 1.82) is 0 Å². The molecule has 2 aliphatic rings. The molecule has 0 radical (unpaired) electrons. The second-order valence-corrected chi connectivity index (χ2v) is 12.3. The fraction of sp³-hybridized carbons (Fsp3) is 0.343. The summed E-state index contributed by atoms with van der Waals surface area (Å²) in [6.45, 7) is 6.38. The fourth-order valence-corrected chi connectivity index (χ4v) is 6.51. The molecular weight excluding hydrogens is 590 g/mol. The Morgan fingerprint density at radius 3 is 2.40 bits per heavy atom. The Hall–Kier alpha value is -3.86. The van der Waals surface area contributed by atoms with Crippen molar-refractivity contribution in [3.05, 3.63) is 94.4 Å². The Labute approximate surface area is 268 Å². The summed E-state index contributed by atoms with van der Waals surface area (Å²) >= 11 is 7.02. The molecule has 0 saturated carbocycles. The molecule has 0 unspecified atom stereocenters. The lowest BCUT2D eigenvalue weighted by molar-refractivity contribution is 0.102. The molecule has 2 aromatic heterocycles. The third kappa shape index (κ3) is 7.03. The molecule has 234 valence electrons. The number of rotatable bonds is 9. The number of benzene rings is 2. The van der Waals surface area contributed by atoms with Gasteiger partial charge in [0.15, 0.2) is 0 Å². The summed E-state index contributed by atoms with van der Waals surface area (Å²) in [5, 5.41) is 23.2. The zero-order valence-corrected chi connectivity index (χ0v) is 26.3. The van der Waals surface area contributed by atoms with Gasteiger partial charge in [-0.3, -0.25) is 24.6 Å². The molecule has 1 amide bonds. The van der Waals surface area contributed by atoms with E-state index in [2.05, 4.69) is 25.1 Å². The number of aliphatic hydroxyl groups excluding tert-OH is 2. The van der Waals surface area contributed by atoms with E-state index in [-0.39, 0.29) is 18.1 Å². The number of pyridine rings is 2. The van der Waals surface area contributed by atoms with Crippen LogP contribution in [0.2, 0.25) is 5.02 Å². The van der Waals surface area contributed by atoms with Gasteiger partial charge in [-0.25, -0.2) is 0 Å². The first-order chi connectivity index (χ1) is 21.8. The van der Waals surface area contributed by atoms with E-state index >= 15 is 0 Å². The molecule has 2 saturated heterocycles. The predicted molar refractivity (Wildman–Crippen MR) is 175 cm³/mol. The average molecular weight is 628 g/mol. The van der Waals surface area contributed by atoms with Gasteiger partial charge < -0.3 is 20.3 Å². The van der Waals surface area contributed by atoms with Crippen LogP contribution in [0, 0.1) is 6.92 Å². The number of nitrogens with zero attached hydrogens (tertiary/aromatic N) is 4. The quantitative estimate of drug-likeness (QED) is 0.233. The number of carbonyl (C=O) groups is 1. The van der Waals surface area contributed by atoms with E-state index in [9.17, 15) is 15.0 Å². The number of ether oxygens (including phenoxy) is 1. The van der Waals surface area contributed by atoms with E-state index in [0.717, 1.165) is 65.1 Å². The van der Waals surface area contributed by atoms with Gasteiger partial charge in [-0.2, -0.15) is 0 Å². The van der Waals surface area contributed by atoms with Gasteiger partial charge in [-0.1, -0.05) is 41.9 Å². The van der Waals surface area contributed by atoms with Crippen LogP contribution < -0.4 is 10.1 Å². The van der Waals surface area contributed by atoms with E-state index in [1.54, 1.807) is 25.6 Å². The van der Waals surface area contributed by atoms with Crippen molar-refractivity contribution >= 4 is 23.2 Å². The van der Waals surface area contributed by atoms with Crippen LogP contribution in [0.4, 0.5) is 5.69 Å². The van der Waals surface area contributed by atoms with Crippen molar-refractivity contribution in [3.8, 4) is 28.1 Å². The van der Waals surface area contributed by atoms with Crippen molar-refractivity contribution in [1.82, 2.24) is 19.8 Å². The number of amides is 1. The second kappa shape index (κ2) is 13.6. The lowest BCUT2D eigenvalue weighted by Gasteiger charge is -2.18. The van der Waals surface area contributed by atoms with Crippen LogP contribution in [0.5, 0.6) is 5.75 Å². The zero-order valence-electron chi connectivity index (χ0n) is 25.5. The highest BCUT2D eigenvalue weighted by molar-refractivity contribution is 6.35. The van der Waals surface area contributed by atoms with Crippen LogP contribution in [-0.2, 0) is 13.1 Å². The number of hydrogen-bond acceptors (Lipinski definition) is 8. The molecule has 10 heteroatoms. The summed E-state index contributed by atoms with van der Waals surface area (Å²) in [6.07, 6.45) is 4.48. The first kappa shape index (κ1) is 31.1. The number of anilines is 1. The highest BCUT2D eigenvalue weighted by Gasteiger charge is 2.23. The molecular formula is C35H38ClN5O4. The molecule has 4 heterocycles. The van der Waals surface area contributed by atoms with Gasteiger partial charge in [-0.15, -0.1) is 0 Å². The number of aliphatic hydroxyl groups is 2. The van der Waals surface area contributed by atoms with Gasteiger partial charge >= 0.3 is 0 Å². The number of carbonyl (C=O) groups excluding carboxylic acids is 1. The number of aromatic nitrogens is 2. The Balaban J connectivity index is 1.20. The van der Waals surface area contributed by atoms with Crippen molar-refractivity contribution < 1.29 is 19.7 Å². The minimum Gasteiger partial charge on any atom is -0.496 e. The van der Waals surface area contributed by atoms with Crippen LogP contribution >= 0.6 is 11.6 Å². The van der Waals surface area contributed by atoms with Crippen LogP contribution in [0.3, 0.4) is 0 Å². The molecule has 2 aliphatic heterocycles. The minimum absolute atomic E-state index is 0.271. The third-order valence-corrected chi connectivity index (χ3v) is 9.06. The summed E-state index contributed by atoms with van der Waals surface area (Å²) in [5.41, 5.74) is 7.06. The Kier molecular flexibility index (Phi) is 9.44. The molecule has 2 fully saturated rings. The molecule has 2 aromatic carbocycles. The van der Waals surface area contributed by atoms with E-state index < -0.39 is 0 Å². The van der Waals surface area contributed by atoms with Gasteiger partial charge in [0.2, 0.25) is 0 Å². The maximum absolute atomic E-state index is 13.2. The molecule has 6 rings (SSSR count). The number of nitrogens with one attached hydrogen (secondary N) is 1. The van der Waals surface area contributed by atoms with Crippen LogP contribution in [0.15, 0.2) is 67.0 Å². The lowest BCUT2D eigenvalue weighted by atomic mass is 9.97. The van der Waals surface area contributed by atoms with Crippen LogP contribution in [0.1, 0.15) is 40.0 Å². The average Bonchev–Trinajstić information content (AvgIpc) is 3.65. The topological polar surface area (TPSA) is 111 Å². The molecule has 0 bridgehead atoms. The van der Waals surface area contributed by atoms with E-state index in [0.29, 0.717) is 48.3 Å². The highest BCUT2D eigenvalue weighted by Crippen LogP contribution is 2.39. The number of likely N-dealkylation sites (tertiary alicyclic amines) is 2. The maximum Gasteiger partial charge on any atom is 0.274 e. The van der Waals surface area contributed by atoms with Gasteiger partial charge in [0.05, 0.1) is 30.0 Å². The minimum atomic E-state index is -0.296. The summed E-state index contributed by atoms with van der Waals surface area (Å²) in [6, 6.07) is 17.2. The van der Waals surface area contributed by atoms with Gasteiger partial charge in [0.25, 0.3) is 5.91 Å². The zero-order chi connectivity index (χ0) is 31.5. The van der Waals surface area contributed by atoms with Crippen LogP contribution in [-0.4, -0.2) is 81.4 Å². The molecule has 45 heavy (non-hydrogen) atoms. The summed E-state index contributed by atoms with van der Waals surface area (Å²) in [4.78, 5) is 26.6. The normalized spacial score (nSPS) is 18.8. The number of hydrogen-bond donors (Lipinski definition) is 3. The number of β-amino-alcohol motifs (C(OH)–C–C–N with tert-alkyl or cyclic N) is 2. The predicted octanol–water partition coefficient (Wildman–Crippen LogP) is 5.17. The van der Waals surface area contributed by atoms with Crippen molar-refractivity contribution in [3.63, 3.8) is 0 Å². The summed E-state index contributed by atoms with van der Waals surface area (Å²) in [7, 11) is 1.65. The van der Waals surface area contributed by atoms with Crippen LogP contribution in [0.25, 0.3) is 22.4 Å². The first-order valence-corrected chi connectivity index (χ1v) is 15.7. The molecule has 3 N–H and O–H groups in total. The summed E-state index contributed by atoms with van der Waals surface area (Å²) in [5.74, 6) is 0.449.